The maximum absolute atomic E-state index is 10.9. The highest BCUT2D eigenvalue weighted by atomic mass is 32.2. The Labute approximate surface area is 94.8 Å². The van der Waals surface area contributed by atoms with Crippen LogP contribution < -0.4 is 10.5 Å². The van der Waals surface area contributed by atoms with E-state index in [1.807, 2.05) is 6.92 Å². The van der Waals surface area contributed by atoms with Crippen LogP contribution in [-0.4, -0.2) is 28.2 Å². The van der Waals surface area contributed by atoms with Crippen LogP contribution in [-0.2, 0) is 21.3 Å². The lowest BCUT2D eigenvalue weighted by Crippen LogP contribution is -2.19. The molecule has 1 heterocycles. The molecule has 0 unspecified atom stereocenters. The first-order valence-corrected chi connectivity index (χ1v) is 6.48. The van der Waals surface area contributed by atoms with E-state index >= 15 is 0 Å². The molecule has 0 bridgehead atoms. The number of nitrogens with one attached hydrogen (secondary N) is 1. The van der Waals surface area contributed by atoms with Crippen LogP contribution >= 0.6 is 0 Å². The summed E-state index contributed by atoms with van der Waals surface area (Å²) in [6, 6.07) is 2.92. The smallest absolute Gasteiger partial charge is 0.271 e. The number of nitrogens with two attached hydrogens (primary N) is 1. The zero-order valence-electron chi connectivity index (χ0n) is 9.10. The third kappa shape index (κ3) is 4.31. The minimum absolute atomic E-state index is 0.214. The SMILES string of the molecule is CCOCCNCc1ccc(S(N)(=O)=O)o1. The molecule has 16 heavy (non-hydrogen) atoms. The molecule has 0 fully saturated rings. The van der Waals surface area contributed by atoms with Crippen molar-refractivity contribution in [2.24, 2.45) is 5.14 Å². The van der Waals surface area contributed by atoms with Crippen LogP contribution in [0.25, 0.3) is 0 Å². The summed E-state index contributed by atoms with van der Waals surface area (Å²) in [5, 5.41) is 7.74. The van der Waals surface area contributed by atoms with Gasteiger partial charge in [0, 0.05) is 13.2 Å². The summed E-state index contributed by atoms with van der Waals surface area (Å²) < 4.78 is 32.0. The lowest BCUT2D eigenvalue weighted by molar-refractivity contribution is 0.148. The lowest BCUT2D eigenvalue weighted by atomic mass is 10.4. The fourth-order valence-electron chi connectivity index (χ4n) is 1.11. The van der Waals surface area contributed by atoms with Crippen LogP contribution in [0.15, 0.2) is 21.6 Å². The highest BCUT2D eigenvalue weighted by Gasteiger charge is 2.12. The van der Waals surface area contributed by atoms with Crippen molar-refractivity contribution in [1.29, 1.82) is 0 Å². The average Bonchev–Trinajstić information content (AvgIpc) is 2.65. The van der Waals surface area contributed by atoms with E-state index in [2.05, 4.69) is 5.32 Å². The van der Waals surface area contributed by atoms with E-state index < -0.39 is 10.0 Å². The van der Waals surface area contributed by atoms with Crippen molar-refractivity contribution in [1.82, 2.24) is 5.32 Å². The predicted molar refractivity (Wildman–Crippen MR) is 58.3 cm³/mol. The summed E-state index contributed by atoms with van der Waals surface area (Å²) in [6.45, 7) is 4.34. The highest BCUT2D eigenvalue weighted by Crippen LogP contribution is 2.11. The monoisotopic (exact) mass is 248 g/mol. The first-order chi connectivity index (χ1) is 7.54. The summed E-state index contributed by atoms with van der Waals surface area (Å²) in [7, 11) is -3.74. The molecule has 0 amide bonds. The number of hydrogen-bond acceptors (Lipinski definition) is 5. The van der Waals surface area contributed by atoms with Gasteiger partial charge in [0.05, 0.1) is 13.2 Å². The Morgan fingerprint density at radius 2 is 2.25 bits per heavy atom. The Morgan fingerprint density at radius 3 is 2.81 bits per heavy atom. The van der Waals surface area contributed by atoms with Gasteiger partial charge in [0.25, 0.3) is 10.0 Å². The van der Waals surface area contributed by atoms with Crippen molar-refractivity contribution < 1.29 is 17.6 Å². The minimum Gasteiger partial charge on any atom is -0.447 e. The molecule has 0 aliphatic carbocycles. The highest BCUT2D eigenvalue weighted by molar-refractivity contribution is 7.89. The minimum atomic E-state index is -3.74. The number of hydrogen-bond donors (Lipinski definition) is 2. The second-order valence-corrected chi connectivity index (χ2v) is 4.63. The molecule has 3 N–H and O–H groups in total. The molecule has 92 valence electrons. The van der Waals surface area contributed by atoms with Crippen molar-refractivity contribution in [3.8, 4) is 0 Å². The van der Waals surface area contributed by atoms with Crippen molar-refractivity contribution >= 4 is 10.0 Å². The normalized spacial score (nSPS) is 11.9. The molecular formula is C9H16N2O4S. The Morgan fingerprint density at radius 1 is 1.50 bits per heavy atom. The second-order valence-electron chi connectivity index (χ2n) is 3.14. The number of sulfonamides is 1. The van der Waals surface area contributed by atoms with Gasteiger partial charge in [-0.3, -0.25) is 0 Å². The van der Waals surface area contributed by atoms with Crippen LogP contribution in [0.1, 0.15) is 12.7 Å². The van der Waals surface area contributed by atoms with Gasteiger partial charge >= 0.3 is 0 Å². The number of furan rings is 1. The fourth-order valence-corrected chi connectivity index (χ4v) is 1.59. The molecule has 0 radical (unpaired) electrons. The van der Waals surface area contributed by atoms with Gasteiger partial charge in [-0.15, -0.1) is 0 Å². The fraction of sp³-hybridized carbons (Fsp3) is 0.556. The standard InChI is InChI=1S/C9H16N2O4S/c1-2-14-6-5-11-7-8-3-4-9(15-8)16(10,12)13/h3-4,11H,2,5-7H2,1H3,(H2,10,12,13). The van der Waals surface area contributed by atoms with Gasteiger partial charge in [0.2, 0.25) is 5.09 Å². The molecule has 1 rings (SSSR count). The molecule has 6 nitrogen and oxygen atoms in total. The first kappa shape index (κ1) is 13.2. The number of rotatable bonds is 7. The molecule has 7 heteroatoms. The van der Waals surface area contributed by atoms with Crippen molar-refractivity contribution in [3.05, 3.63) is 17.9 Å². The Hall–Kier alpha value is -0.890. The quantitative estimate of drug-likeness (QED) is 0.665. The average molecular weight is 248 g/mol. The van der Waals surface area contributed by atoms with E-state index in [-0.39, 0.29) is 5.09 Å². The summed E-state index contributed by atoms with van der Waals surface area (Å²) in [5.41, 5.74) is 0. The molecule has 0 spiro atoms. The van der Waals surface area contributed by atoms with E-state index in [0.29, 0.717) is 32.1 Å². The zero-order valence-corrected chi connectivity index (χ0v) is 9.92. The first-order valence-electron chi connectivity index (χ1n) is 4.94. The molecule has 1 aromatic rings. The van der Waals surface area contributed by atoms with Gasteiger partial charge in [0.1, 0.15) is 5.76 Å². The third-order valence-corrected chi connectivity index (χ3v) is 2.62. The molecule has 0 aromatic carbocycles. The van der Waals surface area contributed by atoms with E-state index in [9.17, 15) is 8.42 Å². The van der Waals surface area contributed by atoms with Gasteiger partial charge < -0.3 is 14.5 Å². The van der Waals surface area contributed by atoms with Gasteiger partial charge in [-0.2, -0.15) is 0 Å². The lowest BCUT2D eigenvalue weighted by Gasteiger charge is -2.02. The summed E-state index contributed by atoms with van der Waals surface area (Å²) in [5.74, 6) is 0.528. The van der Waals surface area contributed by atoms with E-state index in [0.717, 1.165) is 0 Å². The van der Waals surface area contributed by atoms with E-state index in [4.69, 9.17) is 14.3 Å². The topological polar surface area (TPSA) is 94.6 Å². The van der Waals surface area contributed by atoms with Crippen molar-refractivity contribution in [3.63, 3.8) is 0 Å². The summed E-state index contributed by atoms with van der Waals surface area (Å²) in [4.78, 5) is 0. The molecule has 0 aliphatic rings. The number of ether oxygens (including phenoxy) is 1. The van der Waals surface area contributed by atoms with E-state index in [1.165, 1.54) is 6.07 Å². The van der Waals surface area contributed by atoms with E-state index in [1.54, 1.807) is 6.07 Å². The van der Waals surface area contributed by atoms with Crippen LogP contribution in [0, 0.1) is 0 Å². The van der Waals surface area contributed by atoms with Gasteiger partial charge in [-0.05, 0) is 19.1 Å². The Balaban J connectivity index is 2.36. The Kier molecular flexibility index (Phi) is 4.94. The molecular weight excluding hydrogens is 232 g/mol. The van der Waals surface area contributed by atoms with Crippen LogP contribution in [0.4, 0.5) is 0 Å². The summed E-state index contributed by atoms with van der Waals surface area (Å²) >= 11 is 0. The largest absolute Gasteiger partial charge is 0.447 e. The second kappa shape index (κ2) is 6.00. The van der Waals surface area contributed by atoms with Crippen LogP contribution in [0.5, 0.6) is 0 Å². The molecule has 0 saturated carbocycles. The Bertz CT molecular complexity index is 413. The molecule has 0 saturated heterocycles. The zero-order chi connectivity index (χ0) is 12.0. The van der Waals surface area contributed by atoms with Crippen LogP contribution in [0.3, 0.4) is 0 Å². The molecule has 0 atom stereocenters. The van der Waals surface area contributed by atoms with Crippen molar-refractivity contribution in [2.75, 3.05) is 19.8 Å². The third-order valence-electron chi connectivity index (χ3n) is 1.84. The predicted octanol–water partition coefficient (Wildman–Crippen LogP) is 0.0531. The maximum atomic E-state index is 10.9. The maximum Gasteiger partial charge on any atom is 0.271 e. The van der Waals surface area contributed by atoms with Crippen molar-refractivity contribution in [2.45, 2.75) is 18.6 Å². The summed E-state index contributed by atoms with van der Waals surface area (Å²) in [6.07, 6.45) is 0. The molecule has 1 aromatic heterocycles. The van der Waals surface area contributed by atoms with Gasteiger partial charge in [-0.1, -0.05) is 0 Å². The van der Waals surface area contributed by atoms with Crippen LogP contribution in [0.2, 0.25) is 0 Å². The van der Waals surface area contributed by atoms with Gasteiger partial charge in [-0.25, -0.2) is 13.6 Å². The van der Waals surface area contributed by atoms with Gasteiger partial charge in [0.15, 0.2) is 0 Å². The number of primary sulfonamides is 1. The molecule has 0 aliphatic heterocycles.